The van der Waals surface area contributed by atoms with E-state index >= 15 is 0 Å². The average molecular weight is 431 g/mol. The van der Waals surface area contributed by atoms with Crippen LogP contribution in [0.25, 0.3) is 0 Å². The first-order valence-electron chi connectivity index (χ1n) is 11.6. The van der Waals surface area contributed by atoms with Crippen molar-refractivity contribution in [2.24, 2.45) is 4.99 Å². The van der Waals surface area contributed by atoms with Crippen LogP contribution in [0.5, 0.6) is 0 Å². The smallest absolute Gasteiger partial charge is 0.191 e. The summed E-state index contributed by atoms with van der Waals surface area (Å²) >= 11 is 0. The molecule has 1 saturated heterocycles. The predicted octanol–water partition coefficient (Wildman–Crippen LogP) is 3.65. The van der Waals surface area contributed by atoms with Gasteiger partial charge in [-0.05, 0) is 37.0 Å². The molecule has 2 unspecified atom stereocenters. The Labute approximate surface area is 191 Å². The molecule has 0 radical (unpaired) electrons. The Morgan fingerprint density at radius 3 is 2.50 bits per heavy atom. The number of aliphatic imine (C=N–C) groups is 1. The van der Waals surface area contributed by atoms with Gasteiger partial charge in [-0.25, -0.2) is 9.98 Å². The lowest BCUT2D eigenvalue weighted by Gasteiger charge is -2.21. The molecule has 2 atom stereocenters. The summed E-state index contributed by atoms with van der Waals surface area (Å²) < 4.78 is 2.07. The monoisotopic (exact) mass is 430 g/mol. The molecule has 1 aliphatic heterocycles. The number of benzene rings is 2. The third-order valence-corrected chi connectivity index (χ3v) is 5.98. The lowest BCUT2D eigenvalue weighted by atomic mass is 10.1. The highest BCUT2D eigenvalue weighted by Crippen LogP contribution is 2.20. The zero-order valence-electron chi connectivity index (χ0n) is 19.1. The van der Waals surface area contributed by atoms with E-state index in [1.165, 1.54) is 16.7 Å². The van der Waals surface area contributed by atoms with E-state index < -0.39 is 0 Å². The lowest BCUT2D eigenvalue weighted by Crippen LogP contribution is -2.44. The summed E-state index contributed by atoms with van der Waals surface area (Å²) in [5, 5.41) is 7.07. The van der Waals surface area contributed by atoms with Crippen molar-refractivity contribution in [2.45, 2.75) is 52.0 Å². The Bertz CT molecular complexity index is 965. The van der Waals surface area contributed by atoms with Gasteiger partial charge in [0.15, 0.2) is 5.96 Å². The minimum Gasteiger partial charge on any atom is -0.357 e. The second-order valence-corrected chi connectivity index (χ2v) is 8.59. The fraction of sp³-hybridized carbons (Fsp3) is 0.385. The van der Waals surface area contributed by atoms with Crippen molar-refractivity contribution in [1.82, 2.24) is 25.1 Å². The van der Waals surface area contributed by atoms with Crippen molar-refractivity contribution in [3.8, 4) is 0 Å². The molecule has 1 aliphatic rings. The minimum absolute atomic E-state index is 0.407. The van der Waals surface area contributed by atoms with Crippen LogP contribution < -0.4 is 10.6 Å². The van der Waals surface area contributed by atoms with Crippen LogP contribution >= 0.6 is 0 Å². The number of rotatable bonds is 8. The first kappa shape index (κ1) is 22.1. The van der Waals surface area contributed by atoms with E-state index in [-0.39, 0.29) is 0 Å². The number of likely N-dealkylation sites (tertiary alicyclic amines) is 1. The summed E-state index contributed by atoms with van der Waals surface area (Å²) in [6, 6.07) is 20.4. The van der Waals surface area contributed by atoms with Crippen LogP contribution in [-0.2, 0) is 19.6 Å². The van der Waals surface area contributed by atoms with Crippen LogP contribution in [-0.4, -0.2) is 45.6 Å². The van der Waals surface area contributed by atoms with Crippen molar-refractivity contribution in [3.05, 3.63) is 90.0 Å². The highest BCUT2D eigenvalue weighted by Gasteiger charge is 2.29. The zero-order chi connectivity index (χ0) is 22.2. The van der Waals surface area contributed by atoms with Gasteiger partial charge < -0.3 is 15.2 Å². The van der Waals surface area contributed by atoms with E-state index in [0.29, 0.717) is 18.6 Å². The molecule has 0 amide bonds. The fourth-order valence-corrected chi connectivity index (χ4v) is 4.27. The first-order valence-corrected chi connectivity index (χ1v) is 11.6. The molecule has 6 nitrogen and oxygen atoms in total. The summed E-state index contributed by atoms with van der Waals surface area (Å²) in [4.78, 5) is 11.5. The zero-order valence-corrected chi connectivity index (χ0v) is 19.1. The van der Waals surface area contributed by atoms with Crippen LogP contribution in [0.1, 0.15) is 37.0 Å². The topological polar surface area (TPSA) is 57.5 Å². The first-order chi connectivity index (χ1) is 15.7. The van der Waals surface area contributed by atoms with Gasteiger partial charge in [-0.3, -0.25) is 4.90 Å². The Morgan fingerprint density at radius 2 is 1.78 bits per heavy atom. The van der Waals surface area contributed by atoms with E-state index in [2.05, 4.69) is 93.5 Å². The molecule has 168 valence electrons. The van der Waals surface area contributed by atoms with Crippen molar-refractivity contribution in [2.75, 3.05) is 13.1 Å². The molecule has 1 aromatic heterocycles. The molecule has 0 spiro atoms. The molecule has 0 bridgehead atoms. The molecule has 6 heteroatoms. The quantitative estimate of drug-likeness (QED) is 0.423. The molecule has 2 heterocycles. The number of guanidine groups is 1. The number of nitrogens with one attached hydrogen (secondary N) is 2. The van der Waals surface area contributed by atoms with Crippen LogP contribution in [0.15, 0.2) is 78.3 Å². The minimum atomic E-state index is 0.407. The molecule has 4 rings (SSSR count). The maximum Gasteiger partial charge on any atom is 0.191 e. The van der Waals surface area contributed by atoms with Gasteiger partial charge in [0.1, 0.15) is 0 Å². The molecule has 0 aliphatic carbocycles. The van der Waals surface area contributed by atoms with Crippen LogP contribution in [0.2, 0.25) is 0 Å². The predicted molar refractivity (Wildman–Crippen MR) is 130 cm³/mol. The van der Waals surface area contributed by atoms with Gasteiger partial charge in [0.25, 0.3) is 0 Å². The molecular formula is C26H34N6. The Kier molecular flexibility index (Phi) is 7.56. The summed E-state index contributed by atoms with van der Waals surface area (Å²) in [6.07, 6.45) is 6.76. The third kappa shape index (κ3) is 6.20. The molecule has 32 heavy (non-hydrogen) atoms. The van der Waals surface area contributed by atoms with Gasteiger partial charge in [-0.1, -0.05) is 54.6 Å². The second-order valence-electron chi connectivity index (χ2n) is 8.59. The highest BCUT2D eigenvalue weighted by atomic mass is 15.3. The van der Waals surface area contributed by atoms with Gasteiger partial charge in [0.2, 0.25) is 0 Å². The maximum absolute atomic E-state index is 4.85. The standard InChI is InChI=1S/C26H34N6/c1-3-28-26(29-16-22-9-11-24(12-10-22)17-31-14-13-27-20-31)30-25-15-21(2)32(19-25)18-23-7-5-4-6-8-23/h4-14,20-21,25H,3,15-19H2,1-2H3,(H2,28,29,30). The molecule has 1 fully saturated rings. The van der Waals surface area contributed by atoms with Gasteiger partial charge >= 0.3 is 0 Å². The SMILES string of the molecule is CCNC(=NCc1ccc(Cn2ccnc2)cc1)NC1CC(C)N(Cc2ccccc2)C1. The third-order valence-electron chi connectivity index (χ3n) is 5.98. The summed E-state index contributed by atoms with van der Waals surface area (Å²) in [5.74, 6) is 0.897. The number of nitrogens with zero attached hydrogens (tertiary/aromatic N) is 4. The van der Waals surface area contributed by atoms with Crippen molar-refractivity contribution in [3.63, 3.8) is 0 Å². The average Bonchev–Trinajstić information content (AvgIpc) is 3.43. The summed E-state index contributed by atoms with van der Waals surface area (Å²) in [5.41, 5.74) is 3.85. The number of hydrogen-bond donors (Lipinski definition) is 2. The Balaban J connectivity index is 1.32. The van der Waals surface area contributed by atoms with Crippen LogP contribution in [0.3, 0.4) is 0 Å². The summed E-state index contributed by atoms with van der Waals surface area (Å²) in [7, 11) is 0. The van der Waals surface area contributed by atoms with Gasteiger partial charge in [0, 0.05) is 50.7 Å². The molecule has 3 aromatic rings. The Hall–Kier alpha value is -3.12. The second kappa shape index (κ2) is 11.0. The van der Waals surface area contributed by atoms with E-state index in [1.54, 1.807) is 0 Å². The van der Waals surface area contributed by atoms with Gasteiger partial charge in [0.05, 0.1) is 12.9 Å². The van der Waals surface area contributed by atoms with Gasteiger partial charge in [-0.15, -0.1) is 0 Å². The van der Waals surface area contributed by atoms with E-state index in [0.717, 1.165) is 38.6 Å². The van der Waals surface area contributed by atoms with Crippen molar-refractivity contribution in [1.29, 1.82) is 0 Å². The summed E-state index contributed by atoms with van der Waals surface area (Å²) in [6.45, 7) is 8.82. The number of hydrogen-bond acceptors (Lipinski definition) is 3. The molecule has 2 N–H and O–H groups in total. The highest BCUT2D eigenvalue weighted by molar-refractivity contribution is 5.80. The van der Waals surface area contributed by atoms with Crippen LogP contribution in [0.4, 0.5) is 0 Å². The largest absolute Gasteiger partial charge is 0.357 e. The molecule has 2 aromatic carbocycles. The van der Waals surface area contributed by atoms with Crippen LogP contribution in [0, 0.1) is 0 Å². The van der Waals surface area contributed by atoms with Crippen molar-refractivity contribution >= 4 is 5.96 Å². The fourth-order valence-electron chi connectivity index (χ4n) is 4.27. The van der Waals surface area contributed by atoms with E-state index in [9.17, 15) is 0 Å². The Morgan fingerprint density at radius 1 is 1.03 bits per heavy atom. The van der Waals surface area contributed by atoms with Gasteiger partial charge in [-0.2, -0.15) is 0 Å². The van der Waals surface area contributed by atoms with E-state index in [1.807, 2.05) is 18.7 Å². The lowest BCUT2D eigenvalue weighted by molar-refractivity contribution is 0.258. The number of aromatic nitrogens is 2. The van der Waals surface area contributed by atoms with Crippen molar-refractivity contribution < 1.29 is 0 Å². The maximum atomic E-state index is 4.85. The van der Waals surface area contributed by atoms with E-state index in [4.69, 9.17) is 4.99 Å². The number of imidazole rings is 1. The molecule has 0 saturated carbocycles. The normalized spacial score (nSPS) is 19.2. The molecular weight excluding hydrogens is 396 g/mol.